The summed E-state index contributed by atoms with van der Waals surface area (Å²) in [6, 6.07) is 5.19. The monoisotopic (exact) mass is 354 g/mol. The average molecular weight is 354 g/mol. The molecule has 1 aliphatic heterocycles. The van der Waals surface area contributed by atoms with Crippen LogP contribution in [0.25, 0.3) is 0 Å². The Morgan fingerprint density at radius 1 is 1.25 bits per heavy atom. The SMILES string of the molecule is CS(=O)(=O)N(CCC(=O)NC1CCCC1)c1ccc2c(c1)OCO2. The van der Waals surface area contributed by atoms with Crippen molar-refractivity contribution in [1.29, 1.82) is 0 Å². The Morgan fingerprint density at radius 2 is 1.96 bits per heavy atom. The number of ether oxygens (including phenoxy) is 2. The molecular weight excluding hydrogens is 332 g/mol. The molecule has 8 heteroatoms. The second kappa shape index (κ2) is 6.88. The van der Waals surface area contributed by atoms with Crippen LogP contribution in [0.15, 0.2) is 18.2 Å². The smallest absolute Gasteiger partial charge is 0.232 e. The number of amides is 1. The molecule has 1 amide bonds. The molecule has 0 atom stereocenters. The molecule has 24 heavy (non-hydrogen) atoms. The van der Waals surface area contributed by atoms with Crippen molar-refractivity contribution in [2.45, 2.75) is 38.1 Å². The number of hydrogen-bond acceptors (Lipinski definition) is 5. The largest absolute Gasteiger partial charge is 0.454 e. The minimum atomic E-state index is -3.50. The van der Waals surface area contributed by atoms with E-state index in [-0.39, 0.29) is 31.7 Å². The lowest BCUT2D eigenvalue weighted by Gasteiger charge is -2.23. The summed E-state index contributed by atoms with van der Waals surface area (Å²) in [4.78, 5) is 12.1. The van der Waals surface area contributed by atoms with Crippen molar-refractivity contribution >= 4 is 21.6 Å². The van der Waals surface area contributed by atoms with E-state index in [2.05, 4.69) is 5.32 Å². The molecule has 0 aromatic heterocycles. The van der Waals surface area contributed by atoms with Gasteiger partial charge in [-0.2, -0.15) is 0 Å². The van der Waals surface area contributed by atoms with Crippen LogP contribution in [-0.4, -0.2) is 40.0 Å². The first-order valence-electron chi connectivity index (χ1n) is 8.10. The van der Waals surface area contributed by atoms with E-state index in [1.54, 1.807) is 18.2 Å². The maximum absolute atomic E-state index is 12.1. The molecule has 0 spiro atoms. The second-order valence-electron chi connectivity index (χ2n) is 6.17. The van der Waals surface area contributed by atoms with Crippen LogP contribution < -0.4 is 19.1 Å². The number of hydrogen-bond donors (Lipinski definition) is 1. The molecule has 1 saturated carbocycles. The van der Waals surface area contributed by atoms with Crippen LogP contribution in [0.1, 0.15) is 32.1 Å². The molecule has 0 bridgehead atoms. The highest BCUT2D eigenvalue weighted by Crippen LogP contribution is 2.36. The summed E-state index contributed by atoms with van der Waals surface area (Å²) in [6.45, 7) is 0.221. The summed E-state index contributed by atoms with van der Waals surface area (Å²) in [6.07, 6.45) is 5.53. The molecular formula is C16H22N2O5S. The molecule has 0 radical (unpaired) electrons. The highest BCUT2D eigenvalue weighted by Gasteiger charge is 2.23. The Balaban J connectivity index is 1.67. The van der Waals surface area contributed by atoms with Gasteiger partial charge in [-0.25, -0.2) is 8.42 Å². The van der Waals surface area contributed by atoms with Crippen LogP contribution in [0.3, 0.4) is 0 Å². The molecule has 1 aromatic rings. The normalized spacial score (nSPS) is 17.0. The fourth-order valence-corrected chi connectivity index (χ4v) is 4.02. The summed E-state index contributed by atoms with van der Waals surface area (Å²) in [7, 11) is -3.50. The Hall–Kier alpha value is -1.96. The first-order chi connectivity index (χ1) is 11.4. The van der Waals surface area contributed by atoms with Crippen molar-refractivity contribution in [3.05, 3.63) is 18.2 Å². The number of sulfonamides is 1. The number of nitrogens with zero attached hydrogens (tertiary/aromatic N) is 1. The highest BCUT2D eigenvalue weighted by atomic mass is 32.2. The molecule has 3 rings (SSSR count). The Kier molecular flexibility index (Phi) is 4.84. The van der Waals surface area contributed by atoms with Gasteiger partial charge in [-0.3, -0.25) is 9.10 Å². The molecule has 0 saturated heterocycles. The van der Waals surface area contributed by atoms with Gasteiger partial charge in [-0.15, -0.1) is 0 Å². The maximum atomic E-state index is 12.1. The van der Waals surface area contributed by atoms with E-state index in [9.17, 15) is 13.2 Å². The standard InChI is InChI=1S/C16H22N2O5S/c1-24(20,21)18(9-8-16(19)17-12-4-2-3-5-12)13-6-7-14-15(10-13)23-11-22-14/h6-7,10,12H,2-5,8-9,11H2,1H3,(H,17,19). The van der Waals surface area contributed by atoms with Crippen molar-refractivity contribution < 1.29 is 22.7 Å². The maximum Gasteiger partial charge on any atom is 0.232 e. The summed E-state index contributed by atoms with van der Waals surface area (Å²) in [5.74, 6) is 0.985. The number of carbonyl (C=O) groups is 1. The van der Waals surface area contributed by atoms with Crippen LogP contribution in [0.4, 0.5) is 5.69 Å². The van der Waals surface area contributed by atoms with Gasteiger partial charge in [0.25, 0.3) is 0 Å². The van der Waals surface area contributed by atoms with E-state index in [1.165, 1.54) is 4.31 Å². The minimum absolute atomic E-state index is 0.0943. The van der Waals surface area contributed by atoms with Gasteiger partial charge in [0.05, 0.1) is 11.9 Å². The van der Waals surface area contributed by atoms with Crippen LogP contribution in [0, 0.1) is 0 Å². The lowest BCUT2D eigenvalue weighted by atomic mass is 10.2. The molecule has 0 unspecified atom stereocenters. The van der Waals surface area contributed by atoms with Gasteiger partial charge in [0.1, 0.15) is 0 Å². The van der Waals surface area contributed by atoms with Crippen LogP contribution in [-0.2, 0) is 14.8 Å². The number of anilines is 1. The van der Waals surface area contributed by atoms with Crippen molar-refractivity contribution in [3.8, 4) is 11.5 Å². The van der Waals surface area contributed by atoms with E-state index in [0.717, 1.165) is 31.9 Å². The molecule has 1 fully saturated rings. The topological polar surface area (TPSA) is 84.9 Å². The van der Waals surface area contributed by atoms with Gasteiger partial charge >= 0.3 is 0 Å². The van der Waals surface area contributed by atoms with Gasteiger partial charge in [0, 0.05) is 25.1 Å². The molecule has 1 heterocycles. The fourth-order valence-electron chi connectivity index (χ4n) is 3.10. The molecule has 1 N–H and O–H groups in total. The van der Waals surface area contributed by atoms with Gasteiger partial charge in [-0.05, 0) is 25.0 Å². The number of carbonyl (C=O) groups excluding carboxylic acids is 1. The van der Waals surface area contributed by atoms with Crippen LogP contribution >= 0.6 is 0 Å². The molecule has 2 aliphatic rings. The van der Waals surface area contributed by atoms with Crippen molar-refractivity contribution in [1.82, 2.24) is 5.32 Å². The van der Waals surface area contributed by atoms with E-state index < -0.39 is 10.0 Å². The summed E-state index contributed by atoms with van der Waals surface area (Å²) >= 11 is 0. The highest BCUT2D eigenvalue weighted by molar-refractivity contribution is 7.92. The quantitative estimate of drug-likeness (QED) is 0.839. The van der Waals surface area contributed by atoms with Gasteiger partial charge in [0.15, 0.2) is 11.5 Å². The number of fused-ring (bicyclic) bond motifs is 1. The third kappa shape index (κ3) is 3.92. The fraction of sp³-hybridized carbons (Fsp3) is 0.562. The second-order valence-corrected chi connectivity index (χ2v) is 8.08. The molecule has 132 valence electrons. The third-order valence-electron chi connectivity index (χ3n) is 4.31. The number of benzene rings is 1. The Labute approximate surface area is 142 Å². The zero-order chi connectivity index (χ0) is 17.2. The average Bonchev–Trinajstić information content (AvgIpc) is 3.16. The van der Waals surface area contributed by atoms with Crippen molar-refractivity contribution in [2.75, 3.05) is 23.9 Å². The zero-order valence-corrected chi connectivity index (χ0v) is 14.5. The van der Waals surface area contributed by atoms with Crippen molar-refractivity contribution in [3.63, 3.8) is 0 Å². The van der Waals surface area contributed by atoms with Gasteiger partial charge in [0.2, 0.25) is 22.7 Å². The van der Waals surface area contributed by atoms with Crippen LogP contribution in [0.5, 0.6) is 11.5 Å². The van der Waals surface area contributed by atoms with Crippen molar-refractivity contribution in [2.24, 2.45) is 0 Å². The van der Waals surface area contributed by atoms with E-state index in [1.807, 2.05) is 0 Å². The summed E-state index contributed by atoms with van der Waals surface area (Å²) in [5, 5.41) is 2.97. The zero-order valence-electron chi connectivity index (χ0n) is 13.7. The molecule has 1 aliphatic carbocycles. The number of rotatable bonds is 6. The lowest BCUT2D eigenvalue weighted by Crippen LogP contribution is -2.37. The minimum Gasteiger partial charge on any atom is -0.454 e. The molecule has 7 nitrogen and oxygen atoms in total. The predicted octanol–water partition coefficient (Wildman–Crippen LogP) is 1.63. The van der Waals surface area contributed by atoms with Gasteiger partial charge < -0.3 is 14.8 Å². The Bertz CT molecular complexity index is 713. The predicted molar refractivity (Wildman–Crippen MR) is 89.8 cm³/mol. The third-order valence-corrected chi connectivity index (χ3v) is 5.50. The Morgan fingerprint density at radius 3 is 2.67 bits per heavy atom. The summed E-state index contributed by atoms with van der Waals surface area (Å²) in [5.41, 5.74) is 0.468. The molecule has 1 aromatic carbocycles. The lowest BCUT2D eigenvalue weighted by molar-refractivity contribution is -0.121. The van der Waals surface area contributed by atoms with E-state index in [4.69, 9.17) is 9.47 Å². The van der Waals surface area contributed by atoms with E-state index in [0.29, 0.717) is 17.2 Å². The van der Waals surface area contributed by atoms with E-state index >= 15 is 0 Å². The van der Waals surface area contributed by atoms with Gasteiger partial charge in [-0.1, -0.05) is 12.8 Å². The van der Waals surface area contributed by atoms with Crippen LogP contribution in [0.2, 0.25) is 0 Å². The summed E-state index contributed by atoms with van der Waals surface area (Å²) < 4.78 is 36.0. The first-order valence-corrected chi connectivity index (χ1v) is 9.95. The number of nitrogens with one attached hydrogen (secondary N) is 1. The first kappa shape index (κ1) is 16.9.